The highest BCUT2D eigenvalue weighted by Gasteiger charge is 2.08. The first-order valence-electron chi connectivity index (χ1n) is 5.82. The number of hydrogen-bond donors (Lipinski definition) is 2. The van der Waals surface area contributed by atoms with Gasteiger partial charge >= 0.3 is 0 Å². The molecule has 0 aliphatic heterocycles. The Labute approximate surface area is 114 Å². The molecule has 0 aliphatic rings. The van der Waals surface area contributed by atoms with Crippen LogP contribution < -0.4 is 5.32 Å². The number of pyridine rings is 1. The number of halogens is 1. The molecule has 6 heteroatoms. The summed E-state index contributed by atoms with van der Waals surface area (Å²) in [6.45, 7) is 1.66. The second kappa shape index (κ2) is 5.92. The topological polar surface area (TPSA) is 74.6 Å². The molecular formula is C14H12FN3O2. The highest BCUT2D eigenvalue weighted by Crippen LogP contribution is 2.11. The van der Waals surface area contributed by atoms with E-state index < -0.39 is 11.7 Å². The number of oxime groups is 1. The maximum atomic E-state index is 12.7. The third kappa shape index (κ3) is 3.17. The SMILES string of the molecule is C/C(=N/O)c1ccc(NC(=O)c2ccc(F)cn2)cc1. The summed E-state index contributed by atoms with van der Waals surface area (Å²) in [7, 11) is 0. The molecule has 0 radical (unpaired) electrons. The average molecular weight is 273 g/mol. The molecule has 1 aromatic heterocycles. The Bertz CT molecular complexity index is 636. The predicted molar refractivity (Wildman–Crippen MR) is 72.6 cm³/mol. The fourth-order valence-corrected chi connectivity index (χ4v) is 1.56. The van der Waals surface area contributed by atoms with Crippen molar-refractivity contribution in [1.82, 2.24) is 4.98 Å². The Morgan fingerprint density at radius 1 is 1.25 bits per heavy atom. The van der Waals surface area contributed by atoms with Gasteiger partial charge in [0.15, 0.2) is 0 Å². The summed E-state index contributed by atoms with van der Waals surface area (Å²) in [5.41, 5.74) is 1.91. The van der Waals surface area contributed by atoms with Crippen LogP contribution in [0.2, 0.25) is 0 Å². The largest absolute Gasteiger partial charge is 0.411 e. The van der Waals surface area contributed by atoms with Crippen molar-refractivity contribution < 1.29 is 14.4 Å². The number of benzene rings is 1. The molecule has 1 heterocycles. The lowest BCUT2D eigenvalue weighted by atomic mass is 10.1. The van der Waals surface area contributed by atoms with Gasteiger partial charge in [0.2, 0.25) is 0 Å². The van der Waals surface area contributed by atoms with Crippen molar-refractivity contribution in [2.45, 2.75) is 6.92 Å². The van der Waals surface area contributed by atoms with Crippen LogP contribution in [0.5, 0.6) is 0 Å². The summed E-state index contributed by atoms with van der Waals surface area (Å²) in [4.78, 5) is 15.5. The molecule has 2 aromatic rings. The van der Waals surface area contributed by atoms with Crippen molar-refractivity contribution in [2.75, 3.05) is 5.32 Å². The normalized spacial score (nSPS) is 11.2. The fourth-order valence-electron chi connectivity index (χ4n) is 1.56. The van der Waals surface area contributed by atoms with Crippen LogP contribution >= 0.6 is 0 Å². The van der Waals surface area contributed by atoms with Gasteiger partial charge in [-0.05, 0) is 36.8 Å². The van der Waals surface area contributed by atoms with Crippen LogP contribution in [-0.4, -0.2) is 21.8 Å². The molecule has 0 bridgehead atoms. The van der Waals surface area contributed by atoms with E-state index in [0.29, 0.717) is 11.4 Å². The van der Waals surface area contributed by atoms with Crippen molar-refractivity contribution in [2.24, 2.45) is 5.16 Å². The van der Waals surface area contributed by atoms with E-state index in [2.05, 4.69) is 15.5 Å². The molecule has 0 saturated carbocycles. The number of amides is 1. The van der Waals surface area contributed by atoms with Gasteiger partial charge in [0.25, 0.3) is 5.91 Å². The van der Waals surface area contributed by atoms with Crippen molar-refractivity contribution in [3.8, 4) is 0 Å². The van der Waals surface area contributed by atoms with Crippen LogP contribution in [0.4, 0.5) is 10.1 Å². The number of nitrogens with zero attached hydrogens (tertiary/aromatic N) is 2. The first kappa shape index (κ1) is 13.7. The first-order chi connectivity index (χ1) is 9.60. The number of anilines is 1. The summed E-state index contributed by atoms with van der Waals surface area (Å²) in [5, 5.41) is 14.4. The van der Waals surface area contributed by atoms with Gasteiger partial charge in [-0.2, -0.15) is 0 Å². The number of nitrogens with one attached hydrogen (secondary N) is 1. The van der Waals surface area contributed by atoms with Crippen molar-refractivity contribution in [3.05, 3.63) is 59.7 Å². The molecule has 1 amide bonds. The maximum Gasteiger partial charge on any atom is 0.274 e. The number of hydrogen-bond acceptors (Lipinski definition) is 4. The molecule has 0 saturated heterocycles. The smallest absolute Gasteiger partial charge is 0.274 e. The molecule has 0 fully saturated rings. The molecular weight excluding hydrogens is 261 g/mol. The molecule has 0 unspecified atom stereocenters. The predicted octanol–water partition coefficient (Wildman–Crippen LogP) is 2.67. The van der Waals surface area contributed by atoms with Crippen molar-refractivity contribution >= 4 is 17.3 Å². The van der Waals surface area contributed by atoms with E-state index in [1.165, 1.54) is 12.1 Å². The Morgan fingerprint density at radius 3 is 2.50 bits per heavy atom. The lowest BCUT2D eigenvalue weighted by Crippen LogP contribution is -2.13. The monoisotopic (exact) mass is 273 g/mol. The Kier molecular flexibility index (Phi) is 4.05. The van der Waals surface area contributed by atoms with E-state index in [1.54, 1.807) is 31.2 Å². The van der Waals surface area contributed by atoms with Crippen molar-refractivity contribution in [1.29, 1.82) is 0 Å². The Balaban J connectivity index is 2.10. The third-order valence-corrected chi connectivity index (χ3v) is 2.67. The van der Waals surface area contributed by atoms with Crippen LogP contribution in [0.3, 0.4) is 0 Å². The minimum atomic E-state index is -0.496. The molecule has 102 valence electrons. The van der Waals surface area contributed by atoms with Crippen LogP contribution in [0, 0.1) is 5.82 Å². The summed E-state index contributed by atoms with van der Waals surface area (Å²) >= 11 is 0. The van der Waals surface area contributed by atoms with E-state index >= 15 is 0 Å². The first-order valence-corrected chi connectivity index (χ1v) is 5.82. The second-order valence-electron chi connectivity index (χ2n) is 4.08. The Hall–Kier alpha value is -2.76. The standard InChI is InChI=1S/C14H12FN3O2/c1-9(18-20)10-2-5-12(6-3-10)17-14(19)13-7-4-11(15)8-16-13/h2-8,20H,1H3,(H,17,19)/b18-9-. The maximum absolute atomic E-state index is 12.7. The molecule has 2 N–H and O–H groups in total. The quantitative estimate of drug-likeness (QED) is 0.513. The summed E-state index contributed by atoms with van der Waals surface area (Å²) in [6, 6.07) is 9.25. The molecule has 2 rings (SSSR count). The molecule has 20 heavy (non-hydrogen) atoms. The fraction of sp³-hybridized carbons (Fsp3) is 0.0714. The molecule has 0 aliphatic carbocycles. The van der Waals surface area contributed by atoms with E-state index in [0.717, 1.165) is 11.8 Å². The van der Waals surface area contributed by atoms with Gasteiger partial charge in [-0.25, -0.2) is 9.37 Å². The lowest BCUT2D eigenvalue weighted by Gasteiger charge is -2.05. The number of rotatable bonds is 3. The zero-order valence-corrected chi connectivity index (χ0v) is 10.7. The van der Waals surface area contributed by atoms with E-state index in [4.69, 9.17) is 5.21 Å². The minimum Gasteiger partial charge on any atom is -0.411 e. The van der Waals surface area contributed by atoms with Crippen LogP contribution in [0.15, 0.2) is 47.8 Å². The summed E-state index contributed by atoms with van der Waals surface area (Å²) < 4.78 is 12.7. The molecule has 0 spiro atoms. The van der Waals surface area contributed by atoms with E-state index in [1.807, 2.05) is 0 Å². The lowest BCUT2D eigenvalue weighted by molar-refractivity contribution is 0.102. The zero-order valence-electron chi connectivity index (χ0n) is 10.7. The summed E-state index contributed by atoms with van der Waals surface area (Å²) in [6.07, 6.45) is 0.985. The minimum absolute atomic E-state index is 0.128. The summed E-state index contributed by atoms with van der Waals surface area (Å²) in [5.74, 6) is -0.921. The highest BCUT2D eigenvalue weighted by atomic mass is 19.1. The number of carbonyl (C=O) groups is 1. The van der Waals surface area contributed by atoms with Gasteiger partial charge in [-0.3, -0.25) is 4.79 Å². The van der Waals surface area contributed by atoms with Crippen LogP contribution in [0.1, 0.15) is 23.0 Å². The van der Waals surface area contributed by atoms with Crippen LogP contribution in [-0.2, 0) is 0 Å². The molecule has 1 aromatic carbocycles. The van der Waals surface area contributed by atoms with Gasteiger partial charge in [0, 0.05) is 5.69 Å². The van der Waals surface area contributed by atoms with Gasteiger partial charge in [-0.15, -0.1) is 0 Å². The van der Waals surface area contributed by atoms with Gasteiger partial charge < -0.3 is 10.5 Å². The van der Waals surface area contributed by atoms with E-state index in [9.17, 15) is 9.18 Å². The third-order valence-electron chi connectivity index (χ3n) is 2.67. The second-order valence-corrected chi connectivity index (χ2v) is 4.08. The van der Waals surface area contributed by atoms with Gasteiger partial charge in [0.05, 0.1) is 11.9 Å². The molecule has 0 atom stereocenters. The van der Waals surface area contributed by atoms with E-state index in [-0.39, 0.29) is 5.69 Å². The average Bonchev–Trinajstić information content (AvgIpc) is 2.48. The van der Waals surface area contributed by atoms with Crippen molar-refractivity contribution in [3.63, 3.8) is 0 Å². The van der Waals surface area contributed by atoms with Gasteiger partial charge in [-0.1, -0.05) is 17.3 Å². The number of aromatic nitrogens is 1. The van der Waals surface area contributed by atoms with Crippen LogP contribution in [0.25, 0.3) is 0 Å². The zero-order chi connectivity index (χ0) is 14.5. The number of carbonyl (C=O) groups excluding carboxylic acids is 1. The van der Waals surface area contributed by atoms with Gasteiger partial charge in [0.1, 0.15) is 11.5 Å². The molecule has 5 nitrogen and oxygen atoms in total. The Morgan fingerprint density at radius 2 is 1.95 bits per heavy atom. The highest BCUT2D eigenvalue weighted by molar-refractivity contribution is 6.03.